The molecule has 0 bridgehead atoms. The average molecular weight is 494 g/mol. The molecule has 0 spiro atoms. The molecule has 0 saturated heterocycles. The molecule has 2 aromatic carbocycles. The van der Waals surface area contributed by atoms with Crippen LogP contribution in [0, 0.1) is 5.82 Å². The second kappa shape index (κ2) is 9.05. The van der Waals surface area contributed by atoms with E-state index in [2.05, 4.69) is 10.4 Å². The van der Waals surface area contributed by atoms with Gasteiger partial charge in [0.2, 0.25) is 5.91 Å². The third-order valence-corrected chi connectivity index (χ3v) is 5.00. The summed E-state index contributed by atoms with van der Waals surface area (Å²) in [7, 11) is 0. The minimum absolute atomic E-state index is 0.0243. The van der Waals surface area contributed by atoms with Gasteiger partial charge in [-0.05, 0) is 48.9 Å². The van der Waals surface area contributed by atoms with E-state index in [1.807, 2.05) is 0 Å². The predicted molar refractivity (Wildman–Crippen MR) is 105 cm³/mol. The molecule has 1 aromatic heterocycles. The maximum atomic E-state index is 13.8. The van der Waals surface area contributed by atoms with Gasteiger partial charge in [-0.2, -0.15) is 31.4 Å². The van der Waals surface area contributed by atoms with Gasteiger partial charge < -0.3 is 5.32 Å². The van der Waals surface area contributed by atoms with Gasteiger partial charge in [-0.1, -0.05) is 23.7 Å². The number of carbonyl (C=O) groups is 1. The third kappa shape index (κ3) is 5.65. The maximum Gasteiger partial charge on any atom is 0.435 e. The van der Waals surface area contributed by atoms with Crippen molar-refractivity contribution in [1.82, 2.24) is 15.1 Å². The van der Waals surface area contributed by atoms with Crippen molar-refractivity contribution in [2.75, 3.05) is 0 Å². The summed E-state index contributed by atoms with van der Waals surface area (Å²) in [4.78, 5) is 12.5. The lowest BCUT2D eigenvalue weighted by Gasteiger charge is -2.15. The number of hydrogen-bond acceptors (Lipinski definition) is 2. The monoisotopic (exact) mass is 493 g/mol. The number of carbonyl (C=O) groups excluding carboxylic acids is 1. The SMILES string of the molecule is CC(C(=O)NCc1cc(C(F)(F)F)nn1-c1cccc(Cl)c1)c1ccc(C(F)(F)F)c(F)c1. The van der Waals surface area contributed by atoms with Gasteiger partial charge in [-0.3, -0.25) is 4.79 Å². The lowest BCUT2D eigenvalue weighted by atomic mass is 9.98. The summed E-state index contributed by atoms with van der Waals surface area (Å²) in [6.07, 6.45) is -9.63. The van der Waals surface area contributed by atoms with E-state index in [1.165, 1.54) is 31.2 Å². The van der Waals surface area contributed by atoms with E-state index in [-0.39, 0.29) is 28.5 Å². The minimum Gasteiger partial charge on any atom is -0.350 e. The fourth-order valence-electron chi connectivity index (χ4n) is 3.03. The van der Waals surface area contributed by atoms with E-state index < -0.39 is 41.3 Å². The summed E-state index contributed by atoms with van der Waals surface area (Å²) in [5.74, 6) is -3.35. The lowest BCUT2D eigenvalue weighted by molar-refractivity contribution is -0.141. The molecule has 3 aromatic rings. The van der Waals surface area contributed by atoms with Crippen LogP contribution < -0.4 is 5.32 Å². The van der Waals surface area contributed by atoms with Crippen molar-refractivity contribution in [3.8, 4) is 5.69 Å². The fourth-order valence-corrected chi connectivity index (χ4v) is 3.21. The Kier molecular flexibility index (Phi) is 6.73. The standard InChI is InChI=1S/C21H15ClF7N3O/c1-11(12-5-6-16(17(23)7-12)20(24,25)26)19(33)30-10-15-9-18(21(27,28)29)31-32(15)14-4-2-3-13(22)8-14/h2-9,11H,10H2,1H3,(H,30,33). The zero-order valence-electron chi connectivity index (χ0n) is 16.7. The van der Waals surface area contributed by atoms with Crippen LogP contribution in [0.25, 0.3) is 5.69 Å². The van der Waals surface area contributed by atoms with Crippen molar-refractivity contribution in [2.45, 2.75) is 31.7 Å². The molecule has 12 heteroatoms. The quantitative estimate of drug-likeness (QED) is 0.435. The van der Waals surface area contributed by atoms with E-state index in [1.54, 1.807) is 0 Å². The van der Waals surface area contributed by atoms with Crippen molar-refractivity contribution in [1.29, 1.82) is 0 Å². The Bertz CT molecular complexity index is 1170. The number of nitrogens with one attached hydrogen (secondary N) is 1. The topological polar surface area (TPSA) is 46.9 Å². The van der Waals surface area contributed by atoms with E-state index in [0.29, 0.717) is 12.1 Å². The van der Waals surface area contributed by atoms with E-state index in [9.17, 15) is 35.5 Å². The molecule has 1 heterocycles. The largest absolute Gasteiger partial charge is 0.435 e. The van der Waals surface area contributed by atoms with Crippen LogP contribution in [0.1, 0.15) is 35.4 Å². The van der Waals surface area contributed by atoms with Crippen LogP contribution in [0.4, 0.5) is 30.7 Å². The van der Waals surface area contributed by atoms with Crippen molar-refractivity contribution < 1.29 is 35.5 Å². The molecular weight excluding hydrogens is 479 g/mol. The second-order valence-electron chi connectivity index (χ2n) is 7.09. The number of alkyl halides is 6. The van der Waals surface area contributed by atoms with Crippen LogP contribution in [0.2, 0.25) is 5.02 Å². The molecule has 3 rings (SSSR count). The van der Waals surface area contributed by atoms with Crippen LogP contribution in [0.3, 0.4) is 0 Å². The second-order valence-corrected chi connectivity index (χ2v) is 7.52. The Labute approximate surface area is 188 Å². The lowest BCUT2D eigenvalue weighted by Crippen LogP contribution is -2.28. The zero-order chi connectivity index (χ0) is 24.6. The van der Waals surface area contributed by atoms with Gasteiger partial charge in [0.25, 0.3) is 0 Å². The maximum absolute atomic E-state index is 13.8. The molecule has 176 valence electrons. The molecule has 0 aliphatic carbocycles. The van der Waals surface area contributed by atoms with Gasteiger partial charge in [0, 0.05) is 5.02 Å². The van der Waals surface area contributed by atoms with Gasteiger partial charge in [0.1, 0.15) is 5.82 Å². The van der Waals surface area contributed by atoms with Crippen LogP contribution in [-0.2, 0) is 23.7 Å². The highest BCUT2D eigenvalue weighted by Crippen LogP contribution is 2.33. The van der Waals surface area contributed by atoms with E-state index in [0.717, 1.165) is 16.8 Å². The first-order valence-corrected chi connectivity index (χ1v) is 9.71. The Morgan fingerprint density at radius 3 is 2.33 bits per heavy atom. The van der Waals surface area contributed by atoms with Crippen LogP contribution in [0.15, 0.2) is 48.5 Å². The van der Waals surface area contributed by atoms with Crippen LogP contribution in [-0.4, -0.2) is 15.7 Å². The first-order chi connectivity index (χ1) is 15.3. The summed E-state index contributed by atoms with van der Waals surface area (Å²) in [5.41, 5.74) is -2.49. The average Bonchev–Trinajstić information content (AvgIpc) is 3.15. The first-order valence-electron chi connectivity index (χ1n) is 9.34. The zero-order valence-corrected chi connectivity index (χ0v) is 17.5. The summed E-state index contributed by atoms with van der Waals surface area (Å²) in [6.45, 7) is 0.939. The fraction of sp³-hybridized carbons (Fsp3) is 0.238. The smallest absolute Gasteiger partial charge is 0.350 e. The van der Waals surface area contributed by atoms with Crippen LogP contribution >= 0.6 is 11.6 Å². The number of halogens is 8. The van der Waals surface area contributed by atoms with Crippen molar-refractivity contribution in [3.63, 3.8) is 0 Å². The highest BCUT2D eigenvalue weighted by atomic mass is 35.5. The van der Waals surface area contributed by atoms with E-state index in [4.69, 9.17) is 11.6 Å². The molecule has 0 saturated carbocycles. The number of aromatic nitrogens is 2. The summed E-state index contributed by atoms with van der Waals surface area (Å²) < 4.78 is 92.5. The minimum atomic E-state index is -4.89. The van der Waals surface area contributed by atoms with Gasteiger partial charge >= 0.3 is 12.4 Å². The molecule has 0 aliphatic heterocycles. The molecule has 1 N–H and O–H groups in total. The molecule has 1 unspecified atom stereocenters. The van der Waals surface area contributed by atoms with Crippen molar-refractivity contribution in [3.05, 3.63) is 81.9 Å². The molecule has 0 radical (unpaired) electrons. The molecule has 0 fully saturated rings. The van der Waals surface area contributed by atoms with Gasteiger partial charge in [0.15, 0.2) is 5.69 Å². The summed E-state index contributed by atoms with van der Waals surface area (Å²) in [6, 6.07) is 8.73. The Hall–Kier alpha value is -3.08. The van der Waals surface area contributed by atoms with Crippen molar-refractivity contribution in [2.24, 2.45) is 0 Å². The van der Waals surface area contributed by atoms with Crippen molar-refractivity contribution >= 4 is 17.5 Å². The third-order valence-electron chi connectivity index (χ3n) is 4.76. The molecule has 33 heavy (non-hydrogen) atoms. The van der Waals surface area contributed by atoms with E-state index >= 15 is 0 Å². The summed E-state index contributed by atoms with van der Waals surface area (Å²) in [5, 5.41) is 6.20. The molecule has 4 nitrogen and oxygen atoms in total. The predicted octanol–water partition coefficient (Wildman–Crippen LogP) is 6.12. The highest BCUT2D eigenvalue weighted by Gasteiger charge is 2.36. The van der Waals surface area contributed by atoms with Crippen LogP contribution in [0.5, 0.6) is 0 Å². The number of rotatable bonds is 5. The molecule has 1 atom stereocenters. The highest BCUT2D eigenvalue weighted by molar-refractivity contribution is 6.30. The molecular formula is C21H15ClF7N3O. The van der Waals surface area contributed by atoms with Gasteiger partial charge in [0.05, 0.1) is 29.4 Å². The number of benzene rings is 2. The normalized spacial score (nSPS) is 13.1. The Morgan fingerprint density at radius 2 is 1.76 bits per heavy atom. The first kappa shape index (κ1) is 24.6. The van der Waals surface area contributed by atoms with Gasteiger partial charge in [-0.25, -0.2) is 9.07 Å². The molecule has 1 amide bonds. The number of hydrogen-bond donors (Lipinski definition) is 1. The Balaban J connectivity index is 1.82. The van der Waals surface area contributed by atoms with Gasteiger partial charge in [-0.15, -0.1) is 0 Å². The summed E-state index contributed by atoms with van der Waals surface area (Å²) >= 11 is 5.90. The molecule has 0 aliphatic rings. The number of nitrogens with zero attached hydrogens (tertiary/aromatic N) is 2. The Morgan fingerprint density at radius 1 is 1.06 bits per heavy atom. The number of amides is 1.